The van der Waals surface area contributed by atoms with Gasteiger partial charge in [0.2, 0.25) is 0 Å². The van der Waals surface area contributed by atoms with Crippen LogP contribution in [0, 0.1) is 5.82 Å². The van der Waals surface area contributed by atoms with Crippen LogP contribution in [0.3, 0.4) is 0 Å². The van der Waals surface area contributed by atoms with Crippen LogP contribution in [0.15, 0.2) is 54.6 Å². The third-order valence-electron chi connectivity index (χ3n) is 4.12. The number of para-hydroxylation sites is 2. The minimum atomic E-state index is -1.09. The van der Waals surface area contributed by atoms with Crippen LogP contribution in [0.5, 0.6) is 11.5 Å². The van der Waals surface area contributed by atoms with Crippen LogP contribution in [0.2, 0.25) is 0 Å². The largest absolute Gasteiger partial charge is 0.491 e. The second-order valence-corrected chi connectivity index (χ2v) is 6.11. The smallest absolute Gasteiger partial charge is 0.260 e. The van der Waals surface area contributed by atoms with E-state index in [1.54, 1.807) is 12.1 Å². The van der Waals surface area contributed by atoms with Gasteiger partial charge in [-0.15, -0.1) is 0 Å². The van der Waals surface area contributed by atoms with Crippen molar-refractivity contribution in [3.8, 4) is 11.5 Å². The lowest BCUT2D eigenvalue weighted by Crippen LogP contribution is -2.41. The van der Waals surface area contributed by atoms with E-state index in [0.717, 1.165) is 0 Å². The predicted octanol–water partition coefficient (Wildman–Crippen LogP) is 2.25. The van der Waals surface area contributed by atoms with Gasteiger partial charge in [-0.1, -0.05) is 30.3 Å². The average molecular weight is 345 g/mol. The maximum Gasteiger partial charge on any atom is 0.260 e. The fourth-order valence-electron chi connectivity index (χ4n) is 2.71. The molecule has 1 saturated heterocycles. The van der Waals surface area contributed by atoms with Crippen molar-refractivity contribution in [1.29, 1.82) is 0 Å². The number of benzene rings is 2. The lowest BCUT2D eigenvalue weighted by atomic mass is 10.1. The molecule has 25 heavy (non-hydrogen) atoms. The van der Waals surface area contributed by atoms with E-state index in [0.29, 0.717) is 18.7 Å². The summed E-state index contributed by atoms with van der Waals surface area (Å²) in [7, 11) is 0. The van der Waals surface area contributed by atoms with E-state index in [1.165, 1.54) is 17.0 Å². The Kier molecular flexibility index (Phi) is 5.19. The summed E-state index contributed by atoms with van der Waals surface area (Å²) in [5, 5.41) is 10.6. The van der Waals surface area contributed by atoms with Crippen molar-refractivity contribution in [2.24, 2.45) is 0 Å². The summed E-state index contributed by atoms with van der Waals surface area (Å²) in [5.74, 6) is -0.0929. The lowest BCUT2D eigenvalue weighted by molar-refractivity contribution is -0.133. The molecule has 1 atom stereocenters. The number of likely N-dealkylation sites (tertiary alicyclic amines) is 1. The summed E-state index contributed by atoms with van der Waals surface area (Å²) in [6.07, 6.45) is 0.422. The molecule has 0 aromatic heterocycles. The van der Waals surface area contributed by atoms with Crippen LogP contribution >= 0.6 is 0 Å². The Morgan fingerprint density at radius 3 is 2.60 bits per heavy atom. The van der Waals surface area contributed by atoms with E-state index in [1.807, 2.05) is 30.3 Å². The van der Waals surface area contributed by atoms with Gasteiger partial charge >= 0.3 is 0 Å². The highest BCUT2D eigenvalue weighted by Gasteiger charge is 2.39. The fourth-order valence-corrected chi connectivity index (χ4v) is 2.71. The molecule has 0 radical (unpaired) electrons. The first-order valence-electron chi connectivity index (χ1n) is 8.11. The van der Waals surface area contributed by atoms with Crippen molar-refractivity contribution in [3.05, 3.63) is 60.4 Å². The summed E-state index contributed by atoms with van der Waals surface area (Å²) in [4.78, 5) is 13.7. The van der Waals surface area contributed by atoms with Gasteiger partial charge in [0, 0.05) is 6.54 Å². The molecule has 1 N–H and O–H groups in total. The van der Waals surface area contributed by atoms with Crippen LogP contribution in [-0.4, -0.2) is 47.8 Å². The van der Waals surface area contributed by atoms with Crippen molar-refractivity contribution in [3.63, 3.8) is 0 Å². The zero-order valence-corrected chi connectivity index (χ0v) is 13.7. The van der Waals surface area contributed by atoms with Crippen LogP contribution in [0.1, 0.15) is 6.42 Å². The Labute approximate surface area is 145 Å². The number of hydrogen-bond acceptors (Lipinski definition) is 4. The van der Waals surface area contributed by atoms with Crippen molar-refractivity contribution in [2.75, 3.05) is 26.3 Å². The molecule has 0 spiro atoms. The van der Waals surface area contributed by atoms with Gasteiger partial charge in [0.05, 0.1) is 6.54 Å². The Morgan fingerprint density at radius 2 is 1.84 bits per heavy atom. The zero-order chi connectivity index (χ0) is 17.7. The molecule has 132 valence electrons. The first kappa shape index (κ1) is 17.2. The minimum Gasteiger partial charge on any atom is -0.491 e. The summed E-state index contributed by atoms with van der Waals surface area (Å²) >= 11 is 0. The van der Waals surface area contributed by atoms with Crippen molar-refractivity contribution >= 4 is 5.91 Å². The van der Waals surface area contributed by atoms with Gasteiger partial charge in [0.1, 0.15) is 18.0 Å². The maximum atomic E-state index is 13.5. The molecule has 0 saturated carbocycles. The number of carbonyl (C=O) groups is 1. The standard InChI is InChI=1S/C19H20FNO4/c20-16-8-4-5-9-17(16)24-12-18(22)21-11-10-19(23,13-21)14-25-15-6-2-1-3-7-15/h1-9,23H,10-14H2/t19-/m0/s1. The van der Waals surface area contributed by atoms with Gasteiger partial charge in [0.15, 0.2) is 18.2 Å². The SMILES string of the molecule is O=C(COc1ccccc1F)N1CC[C@@](O)(COc2ccccc2)C1. The van der Waals surface area contributed by atoms with Gasteiger partial charge in [-0.05, 0) is 30.7 Å². The monoisotopic (exact) mass is 345 g/mol. The van der Waals surface area contributed by atoms with E-state index < -0.39 is 11.4 Å². The Hall–Kier alpha value is -2.60. The Morgan fingerprint density at radius 1 is 1.12 bits per heavy atom. The quantitative estimate of drug-likeness (QED) is 0.872. The number of hydrogen-bond donors (Lipinski definition) is 1. The number of carbonyl (C=O) groups excluding carboxylic acids is 1. The average Bonchev–Trinajstić information content (AvgIpc) is 3.03. The molecule has 1 heterocycles. The Bertz CT molecular complexity index is 724. The first-order chi connectivity index (χ1) is 12.1. The third-order valence-corrected chi connectivity index (χ3v) is 4.12. The van der Waals surface area contributed by atoms with Gasteiger partial charge in [-0.25, -0.2) is 4.39 Å². The number of β-amino-alcohol motifs (C(OH)–C–C–N with tert-alkyl or cyclic N) is 1. The lowest BCUT2D eigenvalue weighted by Gasteiger charge is -2.23. The molecule has 6 heteroatoms. The van der Waals surface area contributed by atoms with Crippen LogP contribution in [0.25, 0.3) is 0 Å². The molecule has 0 aliphatic carbocycles. The topological polar surface area (TPSA) is 59.0 Å². The Balaban J connectivity index is 1.49. The van der Waals surface area contributed by atoms with Crippen molar-refractivity contribution in [2.45, 2.75) is 12.0 Å². The summed E-state index contributed by atoms with van der Waals surface area (Å²) in [6.45, 7) is 0.416. The van der Waals surface area contributed by atoms with E-state index in [2.05, 4.69) is 0 Å². The molecule has 0 unspecified atom stereocenters. The fraction of sp³-hybridized carbons (Fsp3) is 0.316. The highest BCUT2D eigenvalue weighted by atomic mass is 19.1. The molecule has 2 aromatic carbocycles. The molecule has 1 aliphatic rings. The first-order valence-corrected chi connectivity index (χ1v) is 8.11. The summed E-state index contributed by atoms with van der Waals surface area (Å²) in [6, 6.07) is 15.1. The summed E-state index contributed by atoms with van der Waals surface area (Å²) < 4.78 is 24.3. The second-order valence-electron chi connectivity index (χ2n) is 6.11. The highest BCUT2D eigenvalue weighted by molar-refractivity contribution is 5.78. The van der Waals surface area contributed by atoms with Gasteiger partial charge in [0.25, 0.3) is 5.91 Å². The number of aliphatic hydroxyl groups is 1. The maximum absolute atomic E-state index is 13.5. The molecule has 0 bridgehead atoms. The third kappa shape index (κ3) is 4.48. The van der Waals surface area contributed by atoms with Crippen molar-refractivity contribution in [1.82, 2.24) is 4.90 Å². The molecule has 5 nitrogen and oxygen atoms in total. The molecule has 3 rings (SSSR count). The molecule has 1 amide bonds. The number of amides is 1. The minimum absolute atomic E-state index is 0.0396. The van der Waals surface area contributed by atoms with Crippen LogP contribution < -0.4 is 9.47 Å². The van der Waals surface area contributed by atoms with E-state index >= 15 is 0 Å². The molecular weight excluding hydrogens is 325 g/mol. The zero-order valence-electron chi connectivity index (χ0n) is 13.7. The van der Waals surface area contributed by atoms with Crippen LogP contribution in [0.4, 0.5) is 4.39 Å². The van der Waals surface area contributed by atoms with Gasteiger partial charge in [-0.2, -0.15) is 0 Å². The molecule has 2 aromatic rings. The van der Waals surface area contributed by atoms with E-state index in [-0.39, 0.29) is 31.4 Å². The predicted molar refractivity (Wildman–Crippen MR) is 90.0 cm³/mol. The van der Waals surface area contributed by atoms with Gasteiger partial charge in [-0.3, -0.25) is 4.79 Å². The van der Waals surface area contributed by atoms with Gasteiger partial charge < -0.3 is 19.5 Å². The number of nitrogens with zero attached hydrogens (tertiary/aromatic N) is 1. The van der Waals surface area contributed by atoms with E-state index in [4.69, 9.17) is 9.47 Å². The summed E-state index contributed by atoms with van der Waals surface area (Å²) in [5.41, 5.74) is -1.09. The molecule has 1 fully saturated rings. The van der Waals surface area contributed by atoms with Crippen molar-refractivity contribution < 1.29 is 23.8 Å². The van der Waals surface area contributed by atoms with E-state index in [9.17, 15) is 14.3 Å². The molecule has 1 aliphatic heterocycles. The normalized spacial score (nSPS) is 19.7. The number of ether oxygens (including phenoxy) is 2. The second kappa shape index (κ2) is 7.53. The number of halogens is 1. The van der Waals surface area contributed by atoms with Crippen LogP contribution in [-0.2, 0) is 4.79 Å². The highest BCUT2D eigenvalue weighted by Crippen LogP contribution is 2.23. The number of rotatable bonds is 6. The molecular formula is C19H20FNO4.